The van der Waals surface area contributed by atoms with E-state index in [0.29, 0.717) is 6.42 Å². The highest BCUT2D eigenvalue weighted by Gasteiger charge is 2.19. The number of rotatable bonds is 5. The Morgan fingerprint density at radius 3 is 2.53 bits per heavy atom. The molecule has 4 heteroatoms. The van der Waals surface area contributed by atoms with E-state index in [1.54, 1.807) is 7.05 Å². The molecular weight excluding hydrogens is 192 g/mol. The summed E-state index contributed by atoms with van der Waals surface area (Å²) in [6, 6.07) is 9.16. The Morgan fingerprint density at radius 1 is 1.47 bits per heavy atom. The van der Waals surface area contributed by atoms with Crippen molar-refractivity contribution in [2.45, 2.75) is 18.9 Å². The minimum Gasteiger partial charge on any atom is -0.480 e. The molecule has 1 unspecified atom stereocenters. The topological polar surface area (TPSA) is 66.6 Å². The molecule has 0 aromatic heterocycles. The van der Waals surface area contributed by atoms with Crippen molar-refractivity contribution in [3.05, 3.63) is 35.9 Å². The van der Waals surface area contributed by atoms with Crippen molar-refractivity contribution in [2.24, 2.45) is 5.84 Å². The first-order chi connectivity index (χ1) is 7.11. The third-order valence-electron chi connectivity index (χ3n) is 2.33. The van der Waals surface area contributed by atoms with Gasteiger partial charge in [0.15, 0.2) is 0 Å². The Bertz CT molecular complexity index is 312. The molecule has 0 aliphatic carbocycles. The molecule has 82 valence electrons. The van der Waals surface area contributed by atoms with E-state index in [0.717, 1.165) is 12.0 Å². The van der Waals surface area contributed by atoms with Gasteiger partial charge in [-0.3, -0.25) is 10.6 Å². The molecule has 1 aromatic carbocycles. The SMILES string of the molecule is CN(N)C(CCc1ccccc1)C(=O)O. The van der Waals surface area contributed by atoms with Gasteiger partial charge in [-0.15, -0.1) is 0 Å². The van der Waals surface area contributed by atoms with Gasteiger partial charge in [0.25, 0.3) is 0 Å². The van der Waals surface area contributed by atoms with Crippen LogP contribution in [-0.2, 0) is 11.2 Å². The van der Waals surface area contributed by atoms with E-state index in [1.165, 1.54) is 5.01 Å². The predicted octanol–water partition coefficient (Wildman–Crippen LogP) is 0.878. The number of nitrogens with two attached hydrogens (primary N) is 1. The number of aryl methyl sites for hydroxylation is 1. The minimum absolute atomic E-state index is 0.520. The van der Waals surface area contributed by atoms with Gasteiger partial charge in [0, 0.05) is 7.05 Å². The van der Waals surface area contributed by atoms with Gasteiger partial charge < -0.3 is 5.11 Å². The summed E-state index contributed by atoms with van der Waals surface area (Å²) in [5.74, 6) is 4.58. The Balaban J connectivity index is 2.51. The third-order valence-corrected chi connectivity index (χ3v) is 2.33. The Hall–Kier alpha value is -1.39. The first kappa shape index (κ1) is 11.7. The molecule has 1 atom stereocenters. The van der Waals surface area contributed by atoms with Crippen LogP contribution in [0.25, 0.3) is 0 Å². The van der Waals surface area contributed by atoms with Crippen molar-refractivity contribution in [3.8, 4) is 0 Å². The molecule has 0 saturated heterocycles. The Labute approximate surface area is 89.3 Å². The predicted molar refractivity (Wildman–Crippen MR) is 58.1 cm³/mol. The van der Waals surface area contributed by atoms with E-state index in [9.17, 15) is 4.79 Å². The normalized spacial score (nSPS) is 12.7. The number of hydrazine groups is 1. The van der Waals surface area contributed by atoms with Crippen LogP contribution in [0.15, 0.2) is 30.3 Å². The van der Waals surface area contributed by atoms with Gasteiger partial charge >= 0.3 is 5.97 Å². The number of carbonyl (C=O) groups is 1. The first-order valence-corrected chi connectivity index (χ1v) is 4.85. The monoisotopic (exact) mass is 208 g/mol. The molecule has 15 heavy (non-hydrogen) atoms. The lowest BCUT2D eigenvalue weighted by atomic mass is 10.1. The Morgan fingerprint density at radius 2 is 2.07 bits per heavy atom. The zero-order valence-electron chi connectivity index (χ0n) is 8.76. The van der Waals surface area contributed by atoms with Gasteiger partial charge in [0.2, 0.25) is 0 Å². The fraction of sp³-hybridized carbons (Fsp3) is 0.364. The van der Waals surface area contributed by atoms with Gasteiger partial charge in [0.1, 0.15) is 6.04 Å². The van der Waals surface area contributed by atoms with Crippen LogP contribution in [0.4, 0.5) is 0 Å². The van der Waals surface area contributed by atoms with Crippen molar-refractivity contribution in [3.63, 3.8) is 0 Å². The maximum atomic E-state index is 10.8. The number of aliphatic carboxylic acids is 1. The van der Waals surface area contributed by atoms with Crippen LogP contribution in [0.2, 0.25) is 0 Å². The molecule has 1 rings (SSSR count). The lowest BCUT2D eigenvalue weighted by Crippen LogP contribution is -2.43. The maximum absolute atomic E-state index is 10.8. The van der Waals surface area contributed by atoms with Gasteiger partial charge in [0.05, 0.1) is 0 Å². The minimum atomic E-state index is -0.879. The standard InChI is InChI=1S/C11H16N2O2/c1-13(12)10(11(14)15)8-7-9-5-3-2-4-6-9/h2-6,10H,7-8,12H2,1H3,(H,14,15). The number of likely N-dealkylation sites (N-methyl/N-ethyl adjacent to an activating group) is 1. The fourth-order valence-electron chi connectivity index (χ4n) is 1.45. The molecular formula is C11H16N2O2. The molecule has 0 amide bonds. The van der Waals surface area contributed by atoms with E-state index in [-0.39, 0.29) is 0 Å². The molecule has 3 N–H and O–H groups in total. The molecule has 0 aliphatic heterocycles. The number of carboxylic acids is 1. The van der Waals surface area contributed by atoms with Crippen molar-refractivity contribution in [1.82, 2.24) is 5.01 Å². The number of hydrogen-bond donors (Lipinski definition) is 2. The summed E-state index contributed by atoms with van der Waals surface area (Å²) < 4.78 is 0. The van der Waals surface area contributed by atoms with Crippen molar-refractivity contribution < 1.29 is 9.90 Å². The number of carboxylic acid groups (broad SMARTS) is 1. The molecule has 0 bridgehead atoms. The van der Waals surface area contributed by atoms with Crippen LogP contribution in [0.5, 0.6) is 0 Å². The molecule has 0 fully saturated rings. The average molecular weight is 208 g/mol. The lowest BCUT2D eigenvalue weighted by Gasteiger charge is -2.19. The van der Waals surface area contributed by atoms with Crippen molar-refractivity contribution in [2.75, 3.05) is 7.05 Å². The maximum Gasteiger partial charge on any atom is 0.322 e. The fourth-order valence-corrected chi connectivity index (χ4v) is 1.45. The van der Waals surface area contributed by atoms with Gasteiger partial charge in [-0.2, -0.15) is 0 Å². The summed E-state index contributed by atoms with van der Waals surface area (Å²) in [6.45, 7) is 0. The lowest BCUT2D eigenvalue weighted by molar-refractivity contribution is -0.143. The zero-order valence-corrected chi connectivity index (χ0v) is 8.76. The van der Waals surface area contributed by atoms with Crippen molar-refractivity contribution >= 4 is 5.97 Å². The molecule has 0 spiro atoms. The highest BCUT2D eigenvalue weighted by molar-refractivity contribution is 5.73. The molecule has 0 radical (unpaired) electrons. The van der Waals surface area contributed by atoms with E-state index in [1.807, 2.05) is 30.3 Å². The number of hydrogen-bond acceptors (Lipinski definition) is 3. The van der Waals surface area contributed by atoms with Gasteiger partial charge in [-0.25, -0.2) is 5.01 Å². The second kappa shape index (κ2) is 5.48. The number of nitrogens with zero attached hydrogens (tertiary/aromatic N) is 1. The first-order valence-electron chi connectivity index (χ1n) is 4.85. The average Bonchev–Trinajstić information content (AvgIpc) is 2.18. The molecule has 0 heterocycles. The van der Waals surface area contributed by atoms with Crippen LogP contribution >= 0.6 is 0 Å². The quantitative estimate of drug-likeness (QED) is 0.557. The van der Waals surface area contributed by atoms with Crippen LogP contribution in [0.3, 0.4) is 0 Å². The van der Waals surface area contributed by atoms with Gasteiger partial charge in [-0.05, 0) is 18.4 Å². The molecule has 4 nitrogen and oxygen atoms in total. The van der Waals surface area contributed by atoms with Crippen molar-refractivity contribution in [1.29, 1.82) is 0 Å². The summed E-state index contributed by atoms with van der Waals surface area (Å²) in [5.41, 5.74) is 1.13. The van der Waals surface area contributed by atoms with Crippen LogP contribution in [0, 0.1) is 0 Å². The number of benzene rings is 1. The van der Waals surface area contributed by atoms with Crippen LogP contribution in [-0.4, -0.2) is 29.2 Å². The molecule has 1 aromatic rings. The second-order valence-electron chi connectivity index (χ2n) is 3.54. The second-order valence-corrected chi connectivity index (χ2v) is 3.54. The molecule has 0 saturated carbocycles. The Kier molecular flexibility index (Phi) is 4.27. The van der Waals surface area contributed by atoms with Crippen LogP contribution < -0.4 is 5.84 Å². The zero-order chi connectivity index (χ0) is 11.3. The summed E-state index contributed by atoms with van der Waals surface area (Å²) in [7, 11) is 1.57. The highest BCUT2D eigenvalue weighted by Crippen LogP contribution is 2.07. The summed E-state index contributed by atoms with van der Waals surface area (Å²) in [6.07, 6.45) is 1.24. The third kappa shape index (κ3) is 3.69. The summed E-state index contributed by atoms with van der Waals surface area (Å²) in [4.78, 5) is 10.8. The van der Waals surface area contributed by atoms with Gasteiger partial charge in [-0.1, -0.05) is 30.3 Å². The smallest absolute Gasteiger partial charge is 0.322 e. The van der Waals surface area contributed by atoms with E-state index in [4.69, 9.17) is 10.9 Å². The molecule has 0 aliphatic rings. The van der Waals surface area contributed by atoms with Crippen LogP contribution in [0.1, 0.15) is 12.0 Å². The van der Waals surface area contributed by atoms with E-state index < -0.39 is 12.0 Å². The largest absolute Gasteiger partial charge is 0.480 e. The van der Waals surface area contributed by atoms with E-state index >= 15 is 0 Å². The summed E-state index contributed by atoms with van der Waals surface area (Å²) >= 11 is 0. The highest BCUT2D eigenvalue weighted by atomic mass is 16.4. The summed E-state index contributed by atoms with van der Waals surface area (Å²) in [5, 5.41) is 10.1. The van der Waals surface area contributed by atoms with E-state index in [2.05, 4.69) is 0 Å².